The second kappa shape index (κ2) is 7.42. The lowest BCUT2D eigenvalue weighted by molar-refractivity contribution is -0.113. The highest BCUT2D eigenvalue weighted by atomic mass is 35.5. The van der Waals surface area contributed by atoms with Crippen LogP contribution in [0, 0.1) is 0 Å². The molecule has 0 saturated heterocycles. The minimum Gasteiger partial charge on any atom is -0.362 e. The van der Waals surface area contributed by atoms with Gasteiger partial charge in [0.15, 0.2) is 5.78 Å². The summed E-state index contributed by atoms with van der Waals surface area (Å²) in [5, 5.41) is 0.673. The van der Waals surface area contributed by atoms with Crippen LogP contribution in [-0.2, 0) is 11.3 Å². The van der Waals surface area contributed by atoms with Crippen LogP contribution in [0.3, 0.4) is 0 Å². The van der Waals surface area contributed by atoms with Gasteiger partial charge in [0.2, 0.25) is 0 Å². The molecule has 0 aliphatic carbocycles. The second-order valence-electron chi connectivity index (χ2n) is 6.78. The molecule has 1 aliphatic rings. The van der Waals surface area contributed by atoms with E-state index >= 15 is 0 Å². The molecule has 134 valence electrons. The third kappa shape index (κ3) is 3.54. The van der Waals surface area contributed by atoms with Gasteiger partial charge in [-0.15, -0.1) is 0 Å². The van der Waals surface area contributed by atoms with Crippen LogP contribution >= 0.6 is 11.6 Å². The minimum atomic E-state index is 0.0949. The Morgan fingerprint density at radius 2 is 1.63 bits per heavy atom. The monoisotopic (exact) mass is 373 g/mol. The molecule has 0 N–H and O–H groups in total. The van der Waals surface area contributed by atoms with Crippen molar-refractivity contribution in [2.75, 3.05) is 11.4 Å². The normalized spacial score (nSPS) is 13.5. The topological polar surface area (TPSA) is 20.3 Å². The van der Waals surface area contributed by atoms with Gasteiger partial charge in [-0.2, -0.15) is 0 Å². The van der Waals surface area contributed by atoms with Crippen molar-refractivity contribution < 1.29 is 4.79 Å². The number of halogens is 1. The van der Waals surface area contributed by atoms with E-state index in [0.717, 1.165) is 34.5 Å². The molecule has 4 rings (SSSR count). The standard InChI is InChI=1S/C24H20ClNO/c1-17(27)22-16-26(15-18-8-4-2-5-9-18)23-13-12-20(25)14-21(23)24(22)19-10-6-3-7-11-19/h2-14H,15-16H2,1H3. The van der Waals surface area contributed by atoms with Crippen LogP contribution in [0.4, 0.5) is 5.69 Å². The first-order chi connectivity index (χ1) is 13.1. The molecule has 0 fully saturated rings. The van der Waals surface area contributed by atoms with Crippen molar-refractivity contribution in [1.82, 2.24) is 0 Å². The summed E-state index contributed by atoms with van der Waals surface area (Å²) in [6.45, 7) is 2.98. The average molecular weight is 374 g/mol. The second-order valence-corrected chi connectivity index (χ2v) is 7.22. The molecule has 1 heterocycles. The van der Waals surface area contributed by atoms with Crippen molar-refractivity contribution in [2.45, 2.75) is 13.5 Å². The summed E-state index contributed by atoms with van der Waals surface area (Å²) in [7, 11) is 0. The SMILES string of the molecule is CC(=O)C1=C(c2ccccc2)c2cc(Cl)ccc2N(Cc2ccccc2)C1. The van der Waals surface area contributed by atoms with Gasteiger partial charge in [-0.1, -0.05) is 72.3 Å². The lowest BCUT2D eigenvalue weighted by Crippen LogP contribution is -2.32. The number of ketones is 1. The Labute approximate surface area is 164 Å². The molecule has 0 amide bonds. The van der Waals surface area contributed by atoms with Crippen molar-refractivity contribution in [1.29, 1.82) is 0 Å². The maximum Gasteiger partial charge on any atom is 0.158 e. The van der Waals surface area contributed by atoms with E-state index in [-0.39, 0.29) is 5.78 Å². The van der Waals surface area contributed by atoms with Gasteiger partial charge in [0.1, 0.15) is 0 Å². The third-order valence-corrected chi connectivity index (χ3v) is 5.16. The van der Waals surface area contributed by atoms with Crippen LogP contribution in [0.15, 0.2) is 84.4 Å². The Balaban J connectivity index is 1.88. The van der Waals surface area contributed by atoms with Crippen molar-refractivity contribution in [3.8, 4) is 0 Å². The lowest BCUT2D eigenvalue weighted by Gasteiger charge is -2.34. The fourth-order valence-electron chi connectivity index (χ4n) is 3.67. The van der Waals surface area contributed by atoms with Gasteiger partial charge in [0.25, 0.3) is 0 Å². The lowest BCUT2D eigenvalue weighted by atomic mass is 9.86. The molecule has 0 aromatic heterocycles. The Bertz CT molecular complexity index is 1010. The van der Waals surface area contributed by atoms with Gasteiger partial charge < -0.3 is 4.90 Å². The Morgan fingerprint density at radius 3 is 2.30 bits per heavy atom. The molecule has 0 radical (unpaired) electrons. The molecule has 2 nitrogen and oxygen atoms in total. The van der Waals surface area contributed by atoms with Crippen LogP contribution in [0.2, 0.25) is 5.02 Å². The van der Waals surface area contributed by atoms with Crippen molar-refractivity contribution in [2.24, 2.45) is 0 Å². The number of Topliss-reactive ketones (excluding diaryl/α,β-unsaturated/α-hetero) is 1. The fourth-order valence-corrected chi connectivity index (χ4v) is 3.84. The molecule has 0 unspecified atom stereocenters. The van der Waals surface area contributed by atoms with E-state index in [0.29, 0.717) is 11.6 Å². The molecule has 3 heteroatoms. The number of hydrogen-bond donors (Lipinski definition) is 0. The summed E-state index contributed by atoms with van der Waals surface area (Å²) in [4.78, 5) is 14.8. The van der Waals surface area contributed by atoms with Gasteiger partial charge in [0.05, 0.1) is 0 Å². The first kappa shape index (κ1) is 17.6. The van der Waals surface area contributed by atoms with E-state index in [1.807, 2.05) is 48.5 Å². The molecule has 0 spiro atoms. The van der Waals surface area contributed by atoms with Crippen LogP contribution in [0.5, 0.6) is 0 Å². The van der Waals surface area contributed by atoms with Gasteiger partial charge in [-0.25, -0.2) is 0 Å². The molecule has 27 heavy (non-hydrogen) atoms. The van der Waals surface area contributed by atoms with E-state index in [2.05, 4.69) is 35.2 Å². The van der Waals surface area contributed by atoms with Gasteiger partial charge in [-0.05, 0) is 41.8 Å². The van der Waals surface area contributed by atoms with Crippen molar-refractivity contribution in [3.63, 3.8) is 0 Å². The van der Waals surface area contributed by atoms with Crippen molar-refractivity contribution >= 4 is 28.6 Å². The number of anilines is 1. The third-order valence-electron chi connectivity index (χ3n) is 4.92. The van der Waals surface area contributed by atoms with Crippen molar-refractivity contribution in [3.05, 3.63) is 106 Å². The Morgan fingerprint density at radius 1 is 0.963 bits per heavy atom. The van der Waals surface area contributed by atoms with Crippen LogP contribution in [0.1, 0.15) is 23.6 Å². The van der Waals surface area contributed by atoms with Gasteiger partial charge >= 0.3 is 0 Å². The van der Waals surface area contributed by atoms with Crippen LogP contribution in [-0.4, -0.2) is 12.3 Å². The number of carbonyl (C=O) groups excluding carboxylic acids is 1. The summed E-state index contributed by atoms with van der Waals surface area (Å²) in [6, 6.07) is 26.4. The number of nitrogens with zero attached hydrogens (tertiary/aromatic N) is 1. The molecule has 3 aromatic carbocycles. The molecule has 1 aliphatic heterocycles. The first-order valence-electron chi connectivity index (χ1n) is 9.02. The Hall–Kier alpha value is -2.84. The highest BCUT2D eigenvalue weighted by molar-refractivity contribution is 6.31. The van der Waals surface area contributed by atoms with E-state index in [9.17, 15) is 4.79 Å². The summed E-state index contributed by atoms with van der Waals surface area (Å²) >= 11 is 6.34. The summed E-state index contributed by atoms with van der Waals surface area (Å²) < 4.78 is 0. The number of benzene rings is 3. The van der Waals surface area contributed by atoms with Gasteiger partial charge in [0, 0.05) is 34.9 Å². The predicted molar refractivity (Wildman–Crippen MR) is 112 cm³/mol. The summed E-state index contributed by atoms with van der Waals surface area (Å²) in [6.07, 6.45) is 0. The summed E-state index contributed by atoms with van der Waals surface area (Å²) in [5.41, 5.74) is 6.19. The highest BCUT2D eigenvalue weighted by Crippen LogP contribution is 2.40. The van der Waals surface area contributed by atoms with E-state index in [1.165, 1.54) is 5.56 Å². The Kier molecular flexibility index (Phi) is 4.83. The van der Waals surface area contributed by atoms with E-state index < -0.39 is 0 Å². The quantitative estimate of drug-likeness (QED) is 0.580. The van der Waals surface area contributed by atoms with E-state index in [4.69, 9.17) is 11.6 Å². The average Bonchev–Trinajstić information content (AvgIpc) is 2.69. The minimum absolute atomic E-state index is 0.0949. The molecular formula is C24H20ClNO. The van der Waals surface area contributed by atoms with E-state index in [1.54, 1.807) is 6.92 Å². The molecule has 0 bridgehead atoms. The zero-order valence-electron chi connectivity index (χ0n) is 15.2. The molecule has 3 aromatic rings. The maximum absolute atomic E-state index is 12.6. The smallest absolute Gasteiger partial charge is 0.158 e. The number of carbonyl (C=O) groups is 1. The summed E-state index contributed by atoms with van der Waals surface area (Å²) in [5.74, 6) is 0.0949. The zero-order valence-corrected chi connectivity index (χ0v) is 15.9. The van der Waals surface area contributed by atoms with Crippen LogP contribution < -0.4 is 4.90 Å². The largest absolute Gasteiger partial charge is 0.362 e. The van der Waals surface area contributed by atoms with Crippen LogP contribution in [0.25, 0.3) is 5.57 Å². The number of hydrogen-bond acceptors (Lipinski definition) is 2. The highest BCUT2D eigenvalue weighted by Gasteiger charge is 2.27. The number of rotatable bonds is 4. The zero-order chi connectivity index (χ0) is 18.8. The number of fused-ring (bicyclic) bond motifs is 1. The fraction of sp³-hybridized carbons (Fsp3) is 0.125. The molecule has 0 saturated carbocycles. The first-order valence-corrected chi connectivity index (χ1v) is 9.39. The molecule has 0 atom stereocenters. The predicted octanol–water partition coefficient (Wildman–Crippen LogP) is 5.75. The molecular weight excluding hydrogens is 354 g/mol. The maximum atomic E-state index is 12.6. The van der Waals surface area contributed by atoms with Gasteiger partial charge in [-0.3, -0.25) is 4.79 Å².